The van der Waals surface area contributed by atoms with E-state index >= 15 is 0 Å². The average Bonchev–Trinajstić information content (AvgIpc) is 2.31. The molecule has 0 saturated heterocycles. The van der Waals surface area contributed by atoms with E-state index in [1.165, 1.54) is 4.88 Å². The van der Waals surface area contributed by atoms with Gasteiger partial charge >= 0.3 is 0 Å². The molecule has 0 saturated carbocycles. The third-order valence-electron chi connectivity index (χ3n) is 1.30. The van der Waals surface area contributed by atoms with E-state index < -0.39 is 0 Å². The van der Waals surface area contributed by atoms with Crippen LogP contribution >= 0.6 is 22.9 Å². The lowest BCUT2D eigenvalue weighted by Gasteiger charge is -1.90. The van der Waals surface area contributed by atoms with E-state index in [1.54, 1.807) is 11.3 Å². The molecule has 1 rings (SSSR count). The minimum atomic E-state index is 0.888. The maximum atomic E-state index is 5.74. The van der Waals surface area contributed by atoms with E-state index in [0.717, 1.165) is 23.6 Å². The Bertz CT molecular complexity index is 193. The van der Waals surface area contributed by atoms with Crippen molar-refractivity contribution in [3.63, 3.8) is 0 Å². The fourth-order valence-corrected chi connectivity index (χ4v) is 1.91. The number of hydrogen-bond donors (Lipinski definition) is 0. The van der Waals surface area contributed by atoms with Gasteiger partial charge in [-0.1, -0.05) is 24.9 Å². The molecular weight excluding hydrogens is 164 g/mol. The maximum absolute atomic E-state index is 5.74. The average molecular weight is 174 g/mol. The zero-order valence-electron chi connectivity index (χ0n) is 5.77. The number of aryl methyl sites for hydroxylation is 1. The summed E-state index contributed by atoms with van der Waals surface area (Å²) in [7, 11) is 0. The Morgan fingerprint density at radius 2 is 2.30 bits per heavy atom. The Hall–Kier alpha value is -0.0100. The Morgan fingerprint density at radius 1 is 1.50 bits per heavy atom. The fraction of sp³-hybridized carbons (Fsp3) is 0.375. The monoisotopic (exact) mass is 173 g/mol. The largest absolute Gasteiger partial charge is 0.128 e. The normalized spacial score (nSPS) is 10.2. The standard InChI is InChI=1S/C8H10ClS/c1-2-3-4-7-5-6-8(9)10-7/h5-6H,1-4H2. The highest BCUT2D eigenvalue weighted by molar-refractivity contribution is 7.16. The van der Waals surface area contributed by atoms with Gasteiger partial charge in [0.1, 0.15) is 0 Å². The molecule has 0 amide bonds. The maximum Gasteiger partial charge on any atom is 0.0931 e. The van der Waals surface area contributed by atoms with Crippen LogP contribution in [0.3, 0.4) is 0 Å². The van der Waals surface area contributed by atoms with Gasteiger partial charge in [0.2, 0.25) is 0 Å². The van der Waals surface area contributed by atoms with E-state index in [0.29, 0.717) is 0 Å². The highest BCUT2D eigenvalue weighted by Crippen LogP contribution is 2.22. The molecule has 0 aromatic carbocycles. The second-order valence-electron chi connectivity index (χ2n) is 2.16. The van der Waals surface area contributed by atoms with Crippen LogP contribution in [0.25, 0.3) is 0 Å². The first-order valence-electron chi connectivity index (χ1n) is 3.36. The van der Waals surface area contributed by atoms with Crippen molar-refractivity contribution < 1.29 is 0 Å². The Balaban J connectivity index is 2.42. The van der Waals surface area contributed by atoms with Crippen molar-refractivity contribution in [3.05, 3.63) is 28.3 Å². The lowest BCUT2D eigenvalue weighted by atomic mass is 10.2. The summed E-state index contributed by atoms with van der Waals surface area (Å²) in [6, 6.07) is 4.04. The minimum absolute atomic E-state index is 0.888. The zero-order valence-corrected chi connectivity index (χ0v) is 7.34. The van der Waals surface area contributed by atoms with Crippen LogP contribution in [-0.2, 0) is 6.42 Å². The molecule has 0 fully saturated rings. The Morgan fingerprint density at radius 3 is 2.80 bits per heavy atom. The molecule has 1 radical (unpaired) electrons. The molecule has 1 aromatic rings. The molecule has 0 atom stereocenters. The highest BCUT2D eigenvalue weighted by atomic mass is 35.5. The first-order chi connectivity index (χ1) is 4.83. The summed E-state index contributed by atoms with van der Waals surface area (Å²) in [4.78, 5) is 1.37. The van der Waals surface area contributed by atoms with E-state index in [4.69, 9.17) is 11.6 Å². The van der Waals surface area contributed by atoms with Gasteiger partial charge in [0, 0.05) is 4.88 Å². The minimum Gasteiger partial charge on any atom is -0.128 e. The van der Waals surface area contributed by atoms with E-state index in [2.05, 4.69) is 13.0 Å². The third kappa shape index (κ3) is 2.31. The molecular formula is C8H10ClS. The lowest BCUT2D eigenvalue weighted by Crippen LogP contribution is -1.76. The number of halogens is 1. The van der Waals surface area contributed by atoms with Crippen molar-refractivity contribution in [2.75, 3.05) is 0 Å². The van der Waals surface area contributed by atoms with Crippen LogP contribution in [0.15, 0.2) is 12.1 Å². The summed E-state index contributed by atoms with van der Waals surface area (Å²) in [5.74, 6) is 0. The van der Waals surface area contributed by atoms with Gasteiger partial charge in [0.25, 0.3) is 0 Å². The molecule has 10 heavy (non-hydrogen) atoms. The second kappa shape index (κ2) is 3.99. The van der Waals surface area contributed by atoms with E-state index in [1.807, 2.05) is 6.07 Å². The van der Waals surface area contributed by atoms with Crippen LogP contribution in [0.4, 0.5) is 0 Å². The van der Waals surface area contributed by atoms with Crippen LogP contribution in [0.1, 0.15) is 17.7 Å². The number of unbranched alkanes of at least 4 members (excludes halogenated alkanes) is 1. The molecule has 55 valence electrons. The van der Waals surface area contributed by atoms with Gasteiger partial charge in [-0.2, -0.15) is 0 Å². The molecule has 0 aliphatic rings. The summed E-state index contributed by atoms with van der Waals surface area (Å²) >= 11 is 7.41. The van der Waals surface area contributed by atoms with Crippen molar-refractivity contribution in [1.82, 2.24) is 0 Å². The lowest BCUT2D eigenvalue weighted by molar-refractivity contribution is 0.853. The molecule has 1 heterocycles. The molecule has 0 spiro atoms. The van der Waals surface area contributed by atoms with Crippen molar-refractivity contribution in [1.29, 1.82) is 0 Å². The number of thiophene rings is 1. The quantitative estimate of drug-likeness (QED) is 0.656. The first kappa shape index (κ1) is 8.09. The highest BCUT2D eigenvalue weighted by Gasteiger charge is 1.95. The van der Waals surface area contributed by atoms with Gasteiger partial charge in [-0.15, -0.1) is 11.3 Å². The molecule has 0 nitrogen and oxygen atoms in total. The summed E-state index contributed by atoms with van der Waals surface area (Å²) in [6.07, 6.45) is 3.30. The summed E-state index contributed by atoms with van der Waals surface area (Å²) in [5, 5.41) is 0. The molecule has 0 N–H and O–H groups in total. The SMILES string of the molecule is [CH2]CCCc1ccc(Cl)s1. The Kier molecular flexibility index (Phi) is 3.23. The topological polar surface area (TPSA) is 0 Å². The van der Waals surface area contributed by atoms with Gasteiger partial charge in [0.05, 0.1) is 4.34 Å². The summed E-state index contributed by atoms with van der Waals surface area (Å²) in [5.41, 5.74) is 0. The predicted octanol–water partition coefficient (Wildman–Crippen LogP) is 3.56. The van der Waals surface area contributed by atoms with Gasteiger partial charge in [-0.25, -0.2) is 0 Å². The van der Waals surface area contributed by atoms with E-state index in [-0.39, 0.29) is 0 Å². The van der Waals surface area contributed by atoms with Crippen molar-refractivity contribution in [2.45, 2.75) is 19.3 Å². The number of hydrogen-bond acceptors (Lipinski definition) is 1. The fourth-order valence-electron chi connectivity index (χ4n) is 0.785. The molecule has 2 heteroatoms. The summed E-state index contributed by atoms with van der Waals surface area (Å²) in [6.45, 7) is 3.78. The number of rotatable bonds is 3. The molecule has 0 aliphatic carbocycles. The van der Waals surface area contributed by atoms with Gasteiger partial charge in [-0.3, -0.25) is 0 Å². The smallest absolute Gasteiger partial charge is 0.0931 e. The van der Waals surface area contributed by atoms with Crippen LogP contribution in [-0.4, -0.2) is 0 Å². The first-order valence-corrected chi connectivity index (χ1v) is 4.56. The third-order valence-corrected chi connectivity index (χ3v) is 2.59. The van der Waals surface area contributed by atoms with Gasteiger partial charge < -0.3 is 0 Å². The molecule has 0 bridgehead atoms. The van der Waals surface area contributed by atoms with Gasteiger partial charge in [0.15, 0.2) is 0 Å². The van der Waals surface area contributed by atoms with Gasteiger partial charge in [-0.05, 0) is 25.0 Å². The van der Waals surface area contributed by atoms with Crippen LogP contribution < -0.4 is 0 Å². The van der Waals surface area contributed by atoms with Crippen LogP contribution in [0, 0.1) is 6.92 Å². The van der Waals surface area contributed by atoms with E-state index in [9.17, 15) is 0 Å². The molecule has 0 aliphatic heterocycles. The molecule has 0 unspecified atom stereocenters. The van der Waals surface area contributed by atoms with Crippen molar-refractivity contribution in [2.24, 2.45) is 0 Å². The second-order valence-corrected chi connectivity index (χ2v) is 3.96. The van der Waals surface area contributed by atoms with Crippen LogP contribution in [0.5, 0.6) is 0 Å². The predicted molar refractivity (Wildman–Crippen MR) is 47.6 cm³/mol. The Labute approximate surface area is 70.8 Å². The van der Waals surface area contributed by atoms with Crippen molar-refractivity contribution >= 4 is 22.9 Å². The van der Waals surface area contributed by atoms with Crippen LogP contribution in [0.2, 0.25) is 4.34 Å². The molecule has 1 aromatic heterocycles. The zero-order chi connectivity index (χ0) is 7.40. The summed E-state index contributed by atoms with van der Waals surface area (Å²) < 4.78 is 0.888. The van der Waals surface area contributed by atoms with Crippen molar-refractivity contribution in [3.8, 4) is 0 Å².